The fraction of sp³-hybridized carbons (Fsp3) is 0.681. The number of fused-ring (bicyclic) bond motifs is 3. The summed E-state index contributed by atoms with van der Waals surface area (Å²) in [6.45, 7) is 12.1. The number of hydrogen-bond acceptors (Lipinski definition) is 14. The Kier molecular flexibility index (Phi) is 13.2. The number of thioether (sulfide) groups is 1. The lowest BCUT2D eigenvalue weighted by Crippen LogP contribution is -2.62. The number of halogens is 2. The minimum Gasteiger partial charge on any atom is -0.490 e. The van der Waals surface area contributed by atoms with Gasteiger partial charge in [0.2, 0.25) is 5.91 Å². The van der Waals surface area contributed by atoms with Crippen molar-refractivity contribution in [2.24, 2.45) is 22.2 Å². The molecule has 8 aliphatic rings. The van der Waals surface area contributed by atoms with E-state index in [-0.39, 0.29) is 77.4 Å². The molecular formula is C47H65ClFN11O3S. The van der Waals surface area contributed by atoms with Crippen LogP contribution in [0.2, 0.25) is 5.02 Å². The van der Waals surface area contributed by atoms with Gasteiger partial charge in [-0.25, -0.2) is 26.1 Å². The molecule has 10 atom stereocenters. The zero-order valence-electron chi connectivity index (χ0n) is 37.3. The molecule has 1 aliphatic carbocycles. The number of ether oxygens (including phenoxy) is 2. The van der Waals surface area contributed by atoms with Crippen LogP contribution in [0.25, 0.3) is 0 Å². The maximum absolute atomic E-state index is 16.5. The van der Waals surface area contributed by atoms with E-state index in [1.54, 1.807) is 24.3 Å². The van der Waals surface area contributed by atoms with Gasteiger partial charge >= 0.3 is 0 Å². The summed E-state index contributed by atoms with van der Waals surface area (Å²) in [5.41, 5.74) is 17.2. The standard InChI is InChI=1S/C47H65ClFN11O3S/c1-27-28(2)64-46-42(27)43(53-38(24-41-51-17-21-62-41)44-57-54-29(3)60(44)46)30-5-12-39(36(49)22-30)58-18-14-47(15-19-58)16-20-59(26-47)40-13-11-37(55-56-40)45(61)52-32-6-9-33(10-7-32)63-34-8-4-31(25-50)35(48)23-34/h4-5,8,12,22-23,27-29,32-33,37-38,40-42,44,46,51,54-57H,6-7,9-11,13-21,24,26H2,1-3H3,(H,52,61). The van der Waals surface area contributed by atoms with Crippen LogP contribution in [0.1, 0.15) is 96.1 Å². The van der Waals surface area contributed by atoms with E-state index in [0.29, 0.717) is 39.8 Å². The highest BCUT2D eigenvalue weighted by Gasteiger charge is 2.53. The number of carbonyl (C=O) groups is 1. The Morgan fingerprint density at radius 3 is 2.56 bits per heavy atom. The van der Waals surface area contributed by atoms with E-state index in [4.69, 9.17) is 31.3 Å². The first-order chi connectivity index (χ1) is 31.0. The smallest absolute Gasteiger partial charge is 0.238 e. The van der Waals surface area contributed by atoms with Crippen molar-refractivity contribution in [1.82, 2.24) is 42.1 Å². The number of anilines is 1. The molecule has 2 aromatic carbocycles. The number of rotatable bonds is 9. The van der Waals surface area contributed by atoms with Gasteiger partial charge in [-0.1, -0.05) is 31.5 Å². The molecule has 7 aliphatic heterocycles. The van der Waals surface area contributed by atoms with Crippen LogP contribution in [-0.4, -0.2) is 120 Å². The number of carbonyl (C=O) groups excluding carboxylic acids is 1. The quantitative estimate of drug-likeness (QED) is 0.200. The van der Waals surface area contributed by atoms with Crippen LogP contribution in [0.3, 0.4) is 0 Å². The van der Waals surface area contributed by atoms with Crippen LogP contribution < -0.4 is 42.0 Å². The molecule has 346 valence electrons. The third kappa shape index (κ3) is 9.03. The molecule has 7 fully saturated rings. The van der Waals surface area contributed by atoms with Gasteiger partial charge in [0.15, 0.2) is 0 Å². The van der Waals surface area contributed by atoms with Crippen molar-refractivity contribution in [2.75, 3.05) is 44.2 Å². The summed E-state index contributed by atoms with van der Waals surface area (Å²) in [7, 11) is 0. The predicted molar refractivity (Wildman–Crippen MR) is 248 cm³/mol. The second-order valence-electron chi connectivity index (χ2n) is 19.8. The van der Waals surface area contributed by atoms with Crippen LogP contribution in [0, 0.1) is 34.4 Å². The lowest BCUT2D eigenvalue weighted by molar-refractivity contribution is -0.125. The maximum Gasteiger partial charge on any atom is 0.238 e. The molecule has 10 unspecified atom stereocenters. The average Bonchev–Trinajstić information content (AvgIpc) is 4.10. The van der Waals surface area contributed by atoms with E-state index in [1.165, 1.54) is 0 Å². The number of benzene rings is 2. The van der Waals surface area contributed by atoms with Crippen LogP contribution in [0.15, 0.2) is 41.4 Å². The van der Waals surface area contributed by atoms with Crippen molar-refractivity contribution < 1.29 is 18.7 Å². The molecule has 0 bridgehead atoms. The lowest BCUT2D eigenvalue weighted by Gasteiger charge is -2.42. The molecule has 14 nitrogen and oxygen atoms in total. The number of hydrazine groups is 2. The third-order valence-electron chi connectivity index (χ3n) is 15.9. The van der Waals surface area contributed by atoms with Gasteiger partial charge in [-0.3, -0.25) is 24.9 Å². The second kappa shape index (κ2) is 18.9. The van der Waals surface area contributed by atoms with Gasteiger partial charge in [0.25, 0.3) is 0 Å². The maximum atomic E-state index is 16.5. The lowest BCUT2D eigenvalue weighted by atomic mass is 9.77. The van der Waals surface area contributed by atoms with E-state index in [1.807, 2.05) is 17.8 Å². The molecule has 1 spiro atoms. The molecular weight excluding hydrogens is 853 g/mol. The molecule has 7 heterocycles. The Hall–Kier alpha value is -3.08. The molecule has 64 heavy (non-hydrogen) atoms. The SMILES string of the molecule is CC1SC2C(C(c3ccc(N4CCC5(CC4)CCN(C4CCC(C(=O)NC6CCC(Oc7ccc(C#N)c(Cl)c7)CC6)NN4)C5)c(F)c3)=NC(CC3NCCO3)C3NNC(C)N32)C1C. The topological polar surface area (TPSA) is 154 Å². The number of nitriles is 1. The van der Waals surface area contributed by atoms with Crippen LogP contribution in [-0.2, 0) is 9.53 Å². The summed E-state index contributed by atoms with van der Waals surface area (Å²) in [6.07, 6.45) is 9.39. The molecule has 6 saturated heterocycles. The Bertz CT molecular complexity index is 2080. The van der Waals surface area contributed by atoms with E-state index < -0.39 is 0 Å². The number of nitrogens with one attached hydrogen (secondary N) is 6. The third-order valence-corrected chi connectivity index (χ3v) is 17.9. The Morgan fingerprint density at radius 1 is 1.03 bits per heavy atom. The zero-order chi connectivity index (χ0) is 44.1. The summed E-state index contributed by atoms with van der Waals surface area (Å²) in [6, 6.07) is 13.0. The van der Waals surface area contributed by atoms with Crippen molar-refractivity contribution >= 4 is 40.7 Å². The van der Waals surface area contributed by atoms with E-state index >= 15 is 4.39 Å². The van der Waals surface area contributed by atoms with Crippen molar-refractivity contribution in [3.63, 3.8) is 0 Å². The largest absolute Gasteiger partial charge is 0.490 e. The van der Waals surface area contributed by atoms with Crippen LogP contribution in [0.5, 0.6) is 5.75 Å². The van der Waals surface area contributed by atoms with Crippen molar-refractivity contribution in [3.05, 3.63) is 58.4 Å². The Balaban J connectivity index is 0.713. The summed E-state index contributed by atoms with van der Waals surface area (Å²) in [5.74, 6) is 1.13. The number of aliphatic imine (C=N–C) groups is 1. The highest BCUT2D eigenvalue weighted by atomic mass is 35.5. The zero-order valence-corrected chi connectivity index (χ0v) is 38.9. The average molecular weight is 919 g/mol. The Morgan fingerprint density at radius 2 is 1.84 bits per heavy atom. The number of amides is 1. The number of piperidine rings is 1. The minimum absolute atomic E-state index is 0.0221. The molecule has 10 rings (SSSR count). The number of nitrogens with zero attached hydrogens (tertiary/aromatic N) is 5. The predicted octanol–water partition coefficient (Wildman–Crippen LogP) is 5.04. The van der Waals surface area contributed by atoms with Crippen molar-refractivity contribution in [1.29, 1.82) is 5.26 Å². The highest BCUT2D eigenvalue weighted by molar-refractivity contribution is 8.00. The molecule has 2 aromatic rings. The molecule has 0 radical (unpaired) electrons. The van der Waals surface area contributed by atoms with Gasteiger partial charge in [0.05, 0.1) is 58.9 Å². The van der Waals surface area contributed by atoms with Gasteiger partial charge in [-0.2, -0.15) is 5.26 Å². The van der Waals surface area contributed by atoms with Crippen LogP contribution >= 0.6 is 23.4 Å². The normalized spacial score (nSPS) is 36.6. The molecule has 1 amide bonds. The van der Waals surface area contributed by atoms with Crippen LogP contribution in [0.4, 0.5) is 10.1 Å². The van der Waals surface area contributed by atoms with Gasteiger partial charge in [-0.15, -0.1) is 11.8 Å². The minimum atomic E-state index is -0.270. The number of likely N-dealkylation sites (tertiary alicyclic amines) is 1. The summed E-state index contributed by atoms with van der Waals surface area (Å²) in [5, 5.41) is 17.0. The van der Waals surface area contributed by atoms with Gasteiger partial charge in [-0.05, 0) is 106 Å². The number of hydrogen-bond donors (Lipinski definition) is 6. The van der Waals surface area contributed by atoms with Crippen molar-refractivity contribution in [2.45, 2.75) is 145 Å². The van der Waals surface area contributed by atoms with E-state index in [0.717, 1.165) is 108 Å². The van der Waals surface area contributed by atoms with Gasteiger partial charge < -0.3 is 19.7 Å². The monoisotopic (exact) mass is 917 g/mol. The van der Waals surface area contributed by atoms with Gasteiger partial charge in [0, 0.05) is 68.1 Å². The summed E-state index contributed by atoms with van der Waals surface area (Å²) in [4.78, 5) is 26.3. The van der Waals surface area contributed by atoms with E-state index in [9.17, 15) is 4.79 Å². The highest BCUT2D eigenvalue weighted by Crippen LogP contribution is 2.50. The molecule has 0 aromatic heterocycles. The van der Waals surface area contributed by atoms with E-state index in [2.05, 4.69) is 79.9 Å². The second-order valence-corrected chi connectivity index (χ2v) is 21.7. The fourth-order valence-electron chi connectivity index (χ4n) is 11.9. The van der Waals surface area contributed by atoms with Crippen molar-refractivity contribution in [3.8, 4) is 11.8 Å². The first-order valence-electron chi connectivity index (χ1n) is 23.9. The van der Waals surface area contributed by atoms with Gasteiger partial charge in [0.1, 0.15) is 29.9 Å². The first-order valence-corrected chi connectivity index (χ1v) is 25.2. The summed E-state index contributed by atoms with van der Waals surface area (Å²) >= 11 is 8.22. The molecule has 1 saturated carbocycles. The Labute approximate surface area is 386 Å². The molecule has 17 heteroatoms. The summed E-state index contributed by atoms with van der Waals surface area (Å²) < 4.78 is 28.7. The fourth-order valence-corrected chi connectivity index (χ4v) is 14.0. The molecule has 6 N–H and O–H groups in total. The first kappa shape index (κ1) is 44.7.